The summed E-state index contributed by atoms with van der Waals surface area (Å²) in [5.41, 5.74) is 4.38. The van der Waals surface area contributed by atoms with E-state index in [0.717, 1.165) is 75.5 Å². The molecule has 4 rings (SSSR count). The van der Waals surface area contributed by atoms with E-state index in [9.17, 15) is 9.59 Å². The third-order valence-corrected chi connectivity index (χ3v) is 7.66. The molecule has 0 saturated carbocycles. The number of Topliss-reactive ketones (excluding diaryl/α,β-unsaturated/α-hetero) is 1. The number of carbonyl (C=O) groups excluding carboxylic acids is 2. The summed E-state index contributed by atoms with van der Waals surface area (Å²) in [5, 5.41) is 0. The van der Waals surface area contributed by atoms with Crippen molar-refractivity contribution in [2.24, 2.45) is 0 Å². The molecule has 0 N–H and O–H groups in total. The van der Waals surface area contributed by atoms with E-state index in [2.05, 4.69) is 70.4 Å². The van der Waals surface area contributed by atoms with Crippen molar-refractivity contribution in [2.45, 2.75) is 59.0 Å². The van der Waals surface area contributed by atoms with Crippen LogP contribution in [0.5, 0.6) is 0 Å². The summed E-state index contributed by atoms with van der Waals surface area (Å²) in [5.74, 6) is 0.463. The van der Waals surface area contributed by atoms with E-state index in [0.29, 0.717) is 19.1 Å². The minimum Gasteiger partial charge on any atom is -0.348 e. The smallest absolute Gasteiger partial charge is 0.236 e. The predicted molar refractivity (Wildman–Crippen MR) is 136 cm³/mol. The van der Waals surface area contributed by atoms with Gasteiger partial charge in [0.25, 0.3) is 0 Å². The van der Waals surface area contributed by atoms with Crippen molar-refractivity contribution in [2.75, 3.05) is 45.8 Å². The average molecular weight is 465 g/mol. The fourth-order valence-corrected chi connectivity index (χ4v) is 5.46. The lowest BCUT2D eigenvalue weighted by molar-refractivity contribution is -0.136. The van der Waals surface area contributed by atoms with Gasteiger partial charge in [-0.05, 0) is 58.1 Å². The number of amides is 1. The van der Waals surface area contributed by atoms with Crippen LogP contribution in [-0.2, 0) is 17.8 Å². The number of piperazine rings is 1. The fourth-order valence-electron chi connectivity index (χ4n) is 5.46. The quantitative estimate of drug-likeness (QED) is 0.561. The second kappa shape index (κ2) is 11.3. The molecule has 6 nitrogen and oxygen atoms in total. The number of nitrogens with zero attached hydrogens (tertiary/aromatic N) is 4. The third kappa shape index (κ3) is 5.97. The Kier molecular flexibility index (Phi) is 8.22. The molecule has 184 valence electrons. The molecule has 1 amide bonds. The van der Waals surface area contributed by atoms with Gasteiger partial charge < -0.3 is 9.47 Å². The summed E-state index contributed by atoms with van der Waals surface area (Å²) in [4.78, 5) is 32.4. The molecule has 1 unspecified atom stereocenters. The number of rotatable bonds is 8. The SMILES string of the molecule is Cc1cc(C(=O)CN2CCN(CC(=O)N3CCCCC3C)CC2)c(C)n1CCc1ccccc1. The Morgan fingerprint density at radius 1 is 0.912 bits per heavy atom. The summed E-state index contributed by atoms with van der Waals surface area (Å²) in [6, 6.07) is 12.9. The highest BCUT2D eigenvalue weighted by Crippen LogP contribution is 2.19. The molecule has 1 aromatic carbocycles. The highest BCUT2D eigenvalue weighted by atomic mass is 16.2. The number of benzene rings is 1. The average Bonchev–Trinajstić information content (AvgIpc) is 3.13. The highest BCUT2D eigenvalue weighted by Gasteiger charge is 2.27. The molecule has 3 heterocycles. The van der Waals surface area contributed by atoms with Crippen LogP contribution in [0.3, 0.4) is 0 Å². The van der Waals surface area contributed by atoms with Gasteiger partial charge in [0, 0.05) is 62.3 Å². The zero-order chi connectivity index (χ0) is 24.1. The molecule has 2 aliphatic heterocycles. The van der Waals surface area contributed by atoms with Gasteiger partial charge in [-0.1, -0.05) is 30.3 Å². The van der Waals surface area contributed by atoms with Crippen molar-refractivity contribution in [3.05, 3.63) is 58.9 Å². The first kappa shape index (κ1) is 24.7. The topological polar surface area (TPSA) is 48.8 Å². The van der Waals surface area contributed by atoms with Gasteiger partial charge in [-0.25, -0.2) is 0 Å². The van der Waals surface area contributed by atoms with E-state index in [1.54, 1.807) is 0 Å². The van der Waals surface area contributed by atoms with Gasteiger partial charge in [-0.15, -0.1) is 0 Å². The van der Waals surface area contributed by atoms with Crippen LogP contribution in [0.1, 0.15) is 53.5 Å². The third-order valence-electron chi connectivity index (χ3n) is 7.66. The van der Waals surface area contributed by atoms with E-state index < -0.39 is 0 Å². The molecule has 6 heteroatoms. The molecule has 34 heavy (non-hydrogen) atoms. The summed E-state index contributed by atoms with van der Waals surface area (Å²) in [7, 11) is 0. The Labute approximate surface area is 204 Å². The molecule has 2 aliphatic rings. The van der Waals surface area contributed by atoms with E-state index >= 15 is 0 Å². The van der Waals surface area contributed by atoms with Gasteiger partial charge >= 0.3 is 0 Å². The maximum atomic E-state index is 13.1. The molecule has 0 aliphatic carbocycles. The van der Waals surface area contributed by atoms with Crippen molar-refractivity contribution in [3.63, 3.8) is 0 Å². The van der Waals surface area contributed by atoms with Crippen LogP contribution in [0, 0.1) is 13.8 Å². The Hall–Kier alpha value is -2.44. The molecule has 0 radical (unpaired) electrons. The largest absolute Gasteiger partial charge is 0.348 e. The molecule has 2 fully saturated rings. The summed E-state index contributed by atoms with van der Waals surface area (Å²) >= 11 is 0. The van der Waals surface area contributed by atoms with Gasteiger partial charge in [0.05, 0.1) is 13.1 Å². The van der Waals surface area contributed by atoms with Gasteiger partial charge in [-0.3, -0.25) is 19.4 Å². The van der Waals surface area contributed by atoms with Crippen LogP contribution in [0.4, 0.5) is 0 Å². The summed E-state index contributed by atoms with van der Waals surface area (Å²) in [6.45, 7) is 12.4. The Morgan fingerprint density at radius 2 is 1.59 bits per heavy atom. The van der Waals surface area contributed by atoms with Crippen LogP contribution in [0.2, 0.25) is 0 Å². The number of hydrogen-bond acceptors (Lipinski definition) is 4. The zero-order valence-corrected chi connectivity index (χ0v) is 21.1. The van der Waals surface area contributed by atoms with E-state index in [4.69, 9.17) is 0 Å². The first-order valence-corrected chi connectivity index (χ1v) is 12.9. The molecule has 1 atom stereocenters. The van der Waals surface area contributed by atoms with Gasteiger partial charge in [0.2, 0.25) is 5.91 Å². The van der Waals surface area contributed by atoms with Crippen LogP contribution in [-0.4, -0.2) is 82.8 Å². The number of likely N-dealkylation sites (tertiary alicyclic amines) is 1. The van der Waals surface area contributed by atoms with Crippen molar-refractivity contribution in [1.82, 2.24) is 19.3 Å². The normalized spacial score (nSPS) is 20.0. The first-order valence-electron chi connectivity index (χ1n) is 12.9. The number of carbonyl (C=O) groups is 2. The van der Waals surface area contributed by atoms with Crippen molar-refractivity contribution >= 4 is 11.7 Å². The number of piperidine rings is 1. The molecule has 2 aromatic rings. The first-order chi connectivity index (χ1) is 16.4. The molecule has 2 saturated heterocycles. The molecule has 0 spiro atoms. The summed E-state index contributed by atoms with van der Waals surface area (Å²) in [6.07, 6.45) is 4.43. The maximum Gasteiger partial charge on any atom is 0.236 e. The zero-order valence-electron chi connectivity index (χ0n) is 21.1. The van der Waals surface area contributed by atoms with Gasteiger partial charge in [0.15, 0.2) is 5.78 Å². The number of aromatic nitrogens is 1. The lowest BCUT2D eigenvalue weighted by Gasteiger charge is -2.37. The van der Waals surface area contributed by atoms with Crippen molar-refractivity contribution in [1.29, 1.82) is 0 Å². The highest BCUT2D eigenvalue weighted by molar-refractivity contribution is 5.99. The maximum absolute atomic E-state index is 13.1. The van der Waals surface area contributed by atoms with Crippen molar-refractivity contribution < 1.29 is 9.59 Å². The fraction of sp³-hybridized carbons (Fsp3) is 0.571. The second-order valence-electron chi connectivity index (χ2n) is 10.1. The molecule has 1 aromatic heterocycles. The van der Waals surface area contributed by atoms with E-state index in [-0.39, 0.29) is 11.7 Å². The van der Waals surface area contributed by atoms with Crippen LogP contribution < -0.4 is 0 Å². The van der Waals surface area contributed by atoms with Crippen molar-refractivity contribution in [3.8, 4) is 0 Å². The van der Waals surface area contributed by atoms with Crippen LogP contribution >= 0.6 is 0 Å². The van der Waals surface area contributed by atoms with Crippen LogP contribution in [0.15, 0.2) is 36.4 Å². The number of aryl methyl sites for hydroxylation is 2. The predicted octanol–water partition coefficient (Wildman–Crippen LogP) is 3.55. The Morgan fingerprint density at radius 3 is 2.26 bits per heavy atom. The minimum atomic E-state index is 0.200. The lowest BCUT2D eigenvalue weighted by Crippen LogP contribution is -2.52. The lowest BCUT2D eigenvalue weighted by atomic mass is 10.0. The molecular formula is C28H40N4O2. The van der Waals surface area contributed by atoms with Gasteiger partial charge in [0.1, 0.15) is 0 Å². The standard InChI is InChI=1S/C28H40N4O2/c1-22-9-7-8-13-32(22)28(34)21-30-17-15-29(16-18-30)20-27(33)26-19-23(2)31(24(26)3)14-12-25-10-5-4-6-11-25/h4-6,10-11,19,22H,7-9,12-18,20-21H2,1-3H3. The Bertz CT molecular complexity index is 976. The van der Waals surface area contributed by atoms with E-state index in [1.807, 2.05) is 6.07 Å². The minimum absolute atomic E-state index is 0.200. The van der Waals surface area contributed by atoms with E-state index in [1.165, 1.54) is 12.0 Å². The number of hydrogen-bond donors (Lipinski definition) is 0. The second-order valence-corrected chi connectivity index (χ2v) is 10.1. The molecular weight excluding hydrogens is 424 g/mol. The van der Waals surface area contributed by atoms with Crippen LogP contribution in [0.25, 0.3) is 0 Å². The molecule has 0 bridgehead atoms. The van der Waals surface area contributed by atoms with Gasteiger partial charge in [-0.2, -0.15) is 0 Å². The Balaban J connectivity index is 1.26. The monoisotopic (exact) mass is 464 g/mol. The summed E-state index contributed by atoms with van der Waals surface area (Å²) < 4.78 is 2.27. The number of ketones is 1.